The van der Waals surface area contributed by atoms with E-state index in [2.05, 4.69) is 17.0 Å². The molecule has 1 aromatic carbocycles. The van der Waals surface area contributed by atoms with Gasteiger partial charge in [0.25, 0.3) is 0 Å². The molecule has 1 aliphatic heterocycles. The molecule has 106 valence electrons. The highest BCUT2D eigenvalue weighted by Gasteiger charge is 2.23. The summed E-state index contributed by atoms with van der Waals surface area (Å²) in [6.07, 6.45) is 1.27. The monoisotopic (exact) mass is 283 g/mol. The number of hydrogen-bond acceptors (Lipinski definition) is 4. The van der Waals surface area contributed by atoms with E-state index in [4.69, 9.17) is 5.73 Å². The summed E-state index contributed by atoms with van der Waals surface area (Å²) in [6.45, 7) is 4.16. The Morgan fingerprint density at radius 1 is 1.05 bits per heavy atom. The lowest BCUT2D eigenvalue weighted by molar-refractivity contribution is 0.182. The minimum atomic E-state index is -3.04. The van der Waals surface area contributed by atoms with E-state index in [1.807, 2.05) is 12.1 Å². The third-order valence-corrected chi connectivity index (χ3v) is 4.77. The number of nitrogens with two attached hydrogens (primary N) is 1. The minimum Gasteiger partial charge on any atom is -0.326 e. The van der Waals surface area contributed by atoms with Gasteiger partial charge in [-0.25, -0.2) is 8.42 Å². The third-order valence-electron chi connectivity index (χ3n) is 3.47. The molecule has 0 bridgehead atoms. The van der Waals surface area contributed by atoms with Crippen LogP contribution in [0, 0.1) is 0 Å². The van der Waals surface area contributed by atoms with Gasteiger partial charge in [0.15, 0.2) is 0 Å². The van der Waals surface area contributed by atoms with Crippen LogP contribution in [0.15, 0.2) is 24.3 Å². The first-order chi connectivity index (χ1) is 8.99. The predicted molar refractivity (Wildman–Crippen MR) is 76.0 cm³/mol. The molecular formula is C13H21N3O2S. The largest absolute Gasteiger partial charge is 0.326 e. The summed E-state index contributed by atoms with van der Waals surface area (Å²) < 4.78 is 24.4. The lowest BCUT2D eigenvalue weighted by atomic mass is 10.1. The van der Waals surface area contributed by atoms with Crippen molar-refractivity contribution in [2.45, 2.75) is 13.1 Å². The molecule has 2 rings (SSSR count). The maximum atomic E-state index is 11.4. The van der Waals surface area contributed by atoms with Gasteiger partial charge in [0.1, 0.15) is 0 Å². The molecule has 0 radical (unpaired) electrons. The van der Waals surface area contributed by atoms with Crippen LogP contribution in [-0.2, 0) is 23.1 Å². The van der Waals surface area contributed by atoms with Gasteiger partial charge in [-0.3, -0.25) is 4.90 Å². The molecule has 0 unspecified atom stereocenters. The fourth-order valence-corrected chi connectivity index (χ4v) is 3.08. The summed E-state index contributed by atoms with van der Waals surface area (Å²) >= 11 is 0. The molecule has 0 amide bonds. The van der Waals surface area contributed by atoms with E-state index in [1.54, 1.807) is 4.31 Å². The van der Waals surface area contributed by atoms with E-state index >= 15 is 0 Å². The Kier molecular flexibility index (Phi) is 4.57. The molecule has 6 heteroatoms. The molecule has 19 heavy (non-hydrogen) atoms. The van der Waals surface area contributed by atoms with Gasteiger partial charge in [-0.15, -0.1) is 0 Å². The molecule has 0 aliphatic carbocycles. The Labute approximate surface area is 115 Å². The van der Waals surface area contributed by atoms with E-state index in [0.29, 0.717) is 19.6 Å². The summed E-state index contributed by atoms with van der Waals surface area (Å²) in [5.41, 5.74) is 7.94. The molecule has 0 saturated carbocycles. The fourth-order valence-electron chi connectivity index (χ4n) is 2.26. The Morgan fingerprint density at radius 3 is 2.05 bits per heavy atom. The highest BCUT2D eigenvalue weighted by Crippen LogP contribution is 2.11. The van der Waals surface area contributed by atoms with Crippen LogP contribution >= 0.6 is 0 Å². The predicted octanol–water partition coefficient (Wildman–Crippen LogP) is 0.223. The molecule has 2 N–H and O–H groups in total. The zero-order valence-corrected chi connectivity index (χ0v) is 12.1. The molecule has 1 heterocycles. The molecule has 0 spiro atoms. The molecule has 1 fully saturated rings. The fraction of sp³-hybridized carbons (Fsp3) is 0.538. The minimum absolute atomic E-state index is 0.563. The van der Waals surface area contributed by atoms with Gasteiger partial charge in [0.2, 0.25) is 10.0 Å². The maximum absolute atomic E-state index is 11.4. The summed E-state index contributed by atoms with van der Waals surface area (Å²) in [5.74, 6) is 0. The van der Waals surface area contributed by atoms with Crippen LogP contribution in [0.25, 0.3) is 0 Å². The smallest absolute Gasteiger partial charge is 0.211 e. The lowest BCUT2D eigenvalue weighted by Gasteiger charge is -2.33. The second kappa shape index (κ2) is 6.00. The van der Waals surface area contributed by atoms with Crippen molar-refractivity contribution in [3.05, 3.63) is 35.4 Å². The highest BCUT2D eigenvalue weighted by atomic mass is 32.2. The topological polar surface area (TPSA) is 66.6 Å². The molecular weight excluding hydrogens is 262 g/mol. The first-order valence-corrected chi connectivity index (χ1v) is 8.29. The summed E-state index contributed by atoms with van der Waals surface area (Å²) in [6, 6.07) is 8.26. The number of sulfonamides is 1. The van der Waals surface area contributed by atoms with Gasteiger partial charge in [0.05, 0.1) is 6.26 Å². The van der Waals surface area contributed by atoms with E-state index < -0.39 is 10.0 Å². The number of nitrogens with zero attached hydrogens (tertiary/aromatic N) is 2. The van der Waals surface area contributed by atoms with E-state index in [1.165, 1.54) is 11.8 Å². The SMILES string of the molecule is CS(=O)(=O)N1CCN(Cc2ccc(CN)cc2)CC1. The van der Waals surface area contributed by atoms with Crippen LogP contribution in [0.5, 0.6) is 0 Å². The summed E-state index contributed by atoms with van der Waals surface area (Å²) in [4.78, 5) is 2.28. The van der Waals surface area contributed by atoms with Crippen LogP contribution in [0.3, 0.4) is 0 Å². The van der Waals surface area contributed by atoms with Gasteiger partial charge in [-0.2, -0.15) is 4.31 Å². The van der Waals surface area contributed by atoms with Gasteiger partial charge >= 0.3 is 0 Å². The van der Waals surface area contributed by atoms with Crippen LogP contribution < -0.4 is 5.73 Å². The highest BCUT2D eigenvalue weighted by molar-refractivity contribution is 7.88. The van der Waals surface area contributed by atoms with Gasteiger partial charge in [-0.05, 0) is 11.1 Å². The third kappa shape index (κ3) is 4.01. The molecule has 0 atom stereocenters. The second-order valence-electron chi connectivity index (χ2n) is 4.96. The van der Waals surface area contributed by atoms with Gasteiger partial charge in [0, 0.05) is 39.3 Å². The molecule has 1 aliphatic rings. The molecule has 0 aromatic heterocycles. The van der Waals surface area contributed by atoms with E-state index in [0.717, 1.165) is 25.2 Å². The number of hydrogen-bond donors (Lipinski definition) is 1. The number of benzene rings is 1. The van der Waals surface area contributed by atoms with Crippen molar-refractivity contribution < 1.29 is 8.42 Å². The molecule has 1 saturated heterocycles. The second-order valence-corrected chi connectivity index (χ2v) is 6.94. The van der Waals surface area contributed by atoms with Gasteiger partial charge in [-0.1, -0.05) is 24.3 Å². The van der Waals surface area contributed by atoms with Crippen LogP contribution in [0.2, 0.25) is 0 Å². The lowest BCUT2D eigenvalue weighted by Crippen LogP contribution is -2.47. The van der Waals surface area contributed by atoms with E-state index in [-0.39, 0.29) is 0 Å². The summed E-state index contributed by atoms with van der Waals surface area (Å²) in [7, 11) is -3.04. The quantitative estimate of drug-likeness (QED) is 0.858. The van der Waals surface area contributed by atoms with Crippen LogP contribution in [-0.4, -0.2) is 50.1 Å². The normalized spacial score (nSPS) is 18.6. The molecule has 1 aromatic rings. The Morgan fingerprint density at radius 2 is 1.58 bits per heavy atom. The molecule has 5 nitrogen and oxygen atoms in total. The first-order valence-electron chi connectivity index (χ1n) is 6.44. The van der Waals surface area contributed by atoms with Gasteiger partial charge < -0.3 is 5.73 Å². The van der Waals surface area contributed by atoms with Crippen LogP contribution in [0.1, 0.15) is 11.1 Å². The first kappa shape index (κ1) is 14.5. The van der Waals surface area contributed by atoms with Crippen molar-refractivity contribution in [1.29, 1.82) is 0 Å². The average molecular weight is 283 g/mol. The number of piperazine rings is 1. The Balaban J connectivity index is 1.88. The van der Waals surface area contributed by atoms with E-state index in [9.17, 15) is 8.42 Å². The zero-order chi connectivity index (χ0) is 13.9. The Hall–Kier alpha value is -0.950. The average Bonchev–Trinajstić information content (AvgIpc) is 2.39. The van der Waals surface area contributed by atoms with Crippen molar-refractivity contribution >= 4 is 10.0 Å². The maximum Gasteiger partial charge on any atom is 0.211 e. The van der Waals surface area contributed by atoms with Crippen molar-refractivity contribution in [1.82, 2.24) is 9.21 Å². The van der Waals surface area contributed by atoms with Crippen molar-refractivity contribution in [3.63, 3.8) is 0 Å². The number of rotatable bonds is 4. The van der Waals surface area contributed by atoms with Crippen molar-refractivity contribution in [2.75, 3.05) is 32.4 Å². The van der Waals surface area contributed by atoms with Crippen molar-refractivity contribution in [3.8, 4) is 0 Å². The Bertz CT molecular complexity index is 505. The summed E-state index contributed by atoms with van der Waals surface area (Å²) in [5, 5.41) is 0. The van der Waals surface area contributed by atoms with Crippen LogP contribution in [0.4, 0.5) is 0 Å². The zero-order valence-electron chi connectivity index (χ0n) is 11.2. The van der Waals surface area contributed by atoms with Crippen molar-refractivity contribution in [2.24, 2.45) is 5.73 Å². The standard InChI is InChI=1S/C13H21N3O2S/c1-19(17,18)16-8-6-15(7-9-16)11-13-4-2-12(10-14)3-5-13/h2-5H,6-11,14H2,1H3.